The van der Waals surface area contributed by atoms with Crippen LogP contribution in [0, 0.1) is 11.3 Å². The number of rotatable bonds is 7. The molecule has 0 aromatic heterocycles. The molecule has 0 saturated heterocycles. The van der Waals surface area contributed by atoms with Gasteiger partial charge in [-0.25, -0.2) is 0 Å². The second-order valence-corrected chi connectivity index (χ2v) is 3.59. The van der Waals surface area contributed by atoms with Gasteiger partial charge in [-0.3, -0.25) is 4.79 Å². The lowest BCUT2D eigenvalue weighted by molar-refractivity contribution is -0.121. The third-order valence-electron chi connectivity index (χ3n) is 2.30. The van der Waals surface area contributed by atoms with Crippen LogP contribution in [-0.2, 0) is 14.3 Å². The zero-order valence-electron chi connectivity index (χ0n) is 10.9. The van der Waals surface area contributed by atoms with Crippen molar-refractivity contribution in [3.8, 4) is 11.8 Å². The highest BCUT2D eigenvalue weighted by Crippen LogP contribution is 2.27. The second kappa shape index (κ2) is 8.08. The van der Waals surface area contributed by atoms with E-state index in [9.17, 15) is 4.79 Å². The Labute approximate surface area is 111 Å². The summed E-state index contributed by atoms with van der Waals surface area (Å²) in [4.78, 5) is 11.7. The van der Waals surface area contributed by atoms with Crippen molar-refractivity contribution in [3.05, 3.63) is 23.8 Å². The third-order valence-corrected chi connectivity index (χ3v) is 2.30. The Morgan fingerprint density at radius 3 is 2.79 bits per heavy atom. The first-order valence-corrected chi connectivity index (χ1v) is 5.66. The average Bonchev–Trinajstić information content (AvgIpc) is 2.43. The molecular formula is C13H16N2O4. The van der Waals surface area contributed by atoms with Crippen molar-refractivity contribution in [2.75, 3.05) is 39.4 Å². The number of hydrogen-bond donors (Lipinski definition) is 1. The topological polar surface area (TPSA) is 80.6 Å². The minimum Gasteiger partial charge on any atom is -0.495 e. The number of carbonyl (C=O) groups excluding carboxylic acids is 1. The van der Waals surface area contributed by atoms with E-state index in [2.05, 4.69) is 5.32 Å². The highest BCUT2D eigenvalue weighted by atomic mass is 16.5. The van der Waals surface area contributed by atoms with Crippen LogP contribution in [0.3, 0.4) is 0 Å². The molecule has 1 rings (SSSR count). The average molecular weight is 264 g/mol. The zero-order valence-corrected chi connectivity index (χ0v) is 10.9. The summed E-state index contributed by atoms with van der Waals surface area (Å²) in [5.41, 5.74) is 0.692. The maximum atomic E-state index is 11.7. The predicted molar refractivity (Wildman–Crippen MR) is 69.0 cm³/mol. The molecule has 0 bridgehead atoms. The Morgan fingerprint density at radius 1 is 1.37 bits per heavy atom. The number of methoxy groups -OCH3 is 2. The molecule has 0 heterocycles. The van der Waals surface area contributed by atoms with Crippen molar-refractivity contribution in [1.29, 1.82) is 5.26 Å². The molecule has 1 aromatic carbocycles. The first kappa shape index (κ1) is 15.0. The number of anilines is 1. The van der Waals surface area contributed by atoms with Crippen LogP contribution in [0.2, 0.25) is 0 Å². The summed E-state index contributed by atoms with van der Waals surface area (Å²) in [6.45, 7) is 0.651. The maximum absolute atomic E-state index is 11.7. The van der Waals surface area contributed by atoms with Gasteiger partial charge in [0.15, 0.2) is 0 Å². The van der Waals surface area contributed by atoms with E-state index in [0.29, 0.717) is 30.2 Å². The van der Waals surface area contributed by atoms with Crippen LogP contribution in [0.25, 0.3) is 0 Å². The van der Waals surface area contributed by atoms with E-state index in [0.717, 1.165) is 0 Å². The molecule has 1 N–H and O–H groups in total. The van der Waals surface area contributed by atoms with Crippen LogP contribution in [-0.4, -0.2) is 39.9 Å². The minimum absolute atomic E-state index is 0.105. The normalized spacial score (nSPS) is 9.74. The number of nitriles is 1. The van der Waals surface area contributed by atoms with E-state index >= 15 is 0 Å². The summed E-state index contributed by atoms with van der Waals surface area (Å²) in [6.07, 6.45) is 0. The van der Waals surface area contributed by atoms with Crippen LogP contribution in [0.1, 0.15) is 5.56 Å². The van der Waals surface area contributed by atoms with Crippen molar-refractivity contribution < 1.29 is 19.0 Å². The quantitative estimate of drug-likeness (QED) is 0.748. The number of para-hydroxylation sites is 1. The third kappa shape index (κ3) is 4.58. The molecule has 0 spiro atoms. The Kier molecular flexibility index (Phi) is 6.36. The van der Waals surface area contributed by atoms with E-state index in [1.54, 1.807) is 25.3 Å². The Bertz CT molecular complexity index is 468. The van der Waals surface area contributed by atoms with Crippen molar-refractivity contribution in [3.63, 3.8) is 0 Å². The summed E-state index contributed by atoms with van der Waals surface area (Å²) in [5.74, 6) is 0.0846. The number of ether oxygens (including phenoxy) is 3. The number of benzene rings is 1. The summed E-state index contributed by atoms with van der Waals surface area (Å²) < 4.78 is 15.0. The monoisotopic (exact) mass is 264 g/mol. The number of nitrogens with zero attached hydrogens (tertiary/aromatic N) is 1. The molecule has 0 fully saturated rings. The van der Waals surface area contributed by atoms with Gasteiger partial charge in [0.2, 0.25) is 0 Å². The van der Waals surface area contributed by atoms with Gasteiger partial charge in [-0.2, -0.15) is 5.26 Å². The molecule has 6 heteroatoms. The van der Waals surface area contributed by atoms with E-state index < -0.39 is 0 Å². The van der Waals surface area contributed by atoms with Crippen LogP contribution in [0.15, 0.2) is 18.2 Å². The number of nitrogens with one attached hydrogen (secondary N) is 1. The van der Waals surface area contributed by atoms with Gasteiger partial charge in [-0.15, -0.1) is 0 Å². The Morgan fingerprint density at radius 2 is 2.16 bits per heavy atom. The highest BCUT2D eigenvalue weighted by Gasteiger charge is 2.12. The van der Waals surface area contributed by atoms with Gasteiger partial charge in [0.1, 0.15) is 24.1 Å². The van der Waals surface area contributed by atoms with Crippen LogP contribution in [0.4, 0.5) is 5.69 Å². The molecule has 0 aliphatic carbocycles. The second-order valence-electron chi connectivity index (χ2n) is 3.59. The maximum Gasteiger partial charge on any atom is 0.250 e. The SMILES string of the molecule is COCCOCC(=O)Nc1c(C#N)cccc1OC. The standard InChI is InChI=1S/C13H16N2O4/c1-17-6-7-19-9-12(16)15-13-10(8-14)4-3-5-11(13)18-2/h3-5H,6-7,9H2,1-2H3,(H,15,16). The fourth-order valence-corrected chi connectivity index (χ4v) is 1.41. The molecule has 0 aliphatic rings. The van der Waals surface area contributed by atoms with Crippen molar-refractivity contribution in [2.45, 2.75) is 0 Å². The summed E-state index contributed by atoms with van der Waals surface area (Å²) in [7, 11) is 3.03. The van der Waals surface area contributed by atoms with E-state index in [4.69, 9.17) is 19.5 Å². The molecule has 6 nitrogen and oxygen atoms in total. The highest BCUT2D eigenvalue weighted by molar-refractivity contribution is 5.94. The number of carbonyl (C=O) groups is 1. The molecule has 0 unspecified atom stereocenters. The smallest absolute Gasteiger partial charge is 0.250 e. The van der Waals surface area contributed by atoms with E-state index in [1.165, 1.54) is 7.11 Å². The Hall–Kier alpha value is -2.10. The van der Waals surface area contributed by atoms with E-state index in [-0.39, 0.29) is 12.5 Å². The van der Waals surface area contributed by atoms with Gasteiger partial charge in [0.05, 0.1) is 25.9 Å². The lowest BCUT2D eigenvalue weighted by Gasteiger charge is -2.11. The van der Waals surface area contributed by atoms with Crippen molar-refractivity contribution in [1.82, 2.24) is 0 Å². The van der Waals surface area contributed by atoms with Crippen LogP contribution >= 0.6 is 0 Å². The Balaban J connectivity index is 2.65. The van der Waals surface area contributed by atoms with Gasteiger partial charge in [-0.05, 0) is 12.1 Å². The van der Waals surface area contributed by atoms with Gasteiger partial charge in [-0.1, -0.05) is 6.07 Å². The molecule has 102 valence electrons. The first-order valence-electron chi connectivity index (χ1n) is 5.66. The summed E-state index contributed by atoms with van der Waals surface area (Å²) in [5, 5.41) is 11.6. The molecule has 0 radical (unpaired) electrons. The molecule has 0 atom stereocenters. The van der Waals surface area contributed by atoms with Gasteiger partial charge >= 0.3 is 0 Å². The minimum atomic E-state index is -0.350. The van der Waals surface area contributed by atoms with Gasteiger partial charge < -0.3 is 19.5 Å². The summed E-state index contributed by atoms with van der Waals surface area (Å²) >= 11 is 0. The lowest BCUT2D eigenvalue weighted by Crippen LogP contribution is -2.20. The summed E-state index contributed by atoms with van der Waals surface area (Å²) in [6, 6.07) is 6.95. The fraction of sp³-hybridized carbons (Fsp3) is 0.385. The van der Waals surface area contributed by atoms with Crippen molar-refractivity contribution >= 4 is 11.6 Å². The fourth-order valence-electron chi connectivity index (χ4n) is 1.41. The predicted octanol–water partition coefficient (Wildman–Crippen LogP) is 1.17. The molecule has 19 heavy (non-hydrogen) atoms. The number of hydrogen-bond acceptors (Lipinski definition) is 5. The van der Waals surface area contributed by atoms with Crippen LogP contribution in [0.5, 0.6) is 5.75 Å². The number of amides is 1. The van der Waals surface area contributed by atoms with Crippen molar-refractivity contribution in [2.24, 2.45) is 0 Å². The molecule has 1 aromatic rings. The molecule has 1 amide bonds. The van der Waals surface area contributed by atoms with Gasteiger partial charge in [0.25, 0.3) is 5.91 Å². The molecular weight excluding hydrogens is 248 g/mol. The molecule has 0 aliphatic heterocycles. The lowest BCUT2D eigenvalue weighted by atomic mass is 10.2. The van der Waals surface area contributed by atoms with Gasteiger partial charge in [0, 0.05) is 7.11 Å². The first-order chi connectivity index (χ1) is 9.22. The van der Waals surface area contributed by atoms with Crippen LogP contribution < -0.4 is 10.1 Å². The molecule has 0 saturated carbocycles. The largest absolute Gasteiger partial charge is 0.495 e. The van der Waals surface area contributed by atoms with E-state index in [1.807, 2.05) is 6.07 Å². The zero-order chi connectivity index (χ0) is 14.1.